The minimum Gasteiger partial charge on any atom is -0.493 e. The maximum Gasteiger partial charge on any atom is 0.349 e. The van der Waals surface area contributed by atoms with E-state index in [4.69, 9.17) is 25.4 Å². The molecule has 0 radical (unpaired) electrons. The van der Waals surface area contributed by atoms with E-state index in [1.54, 1.807) is 30.5 Å². The number of pyridine rings is 1. The van der Waals surface area contributed by atoms with Gasteiger partial charge in [-0.2, -0.15) is 4.68 Å². The van der Waals surface area contributed by atoms with E-state index in [0.29, 0.717) is 41.9 Å². The van der Waals surface area contributed by atoms with Crippen molar-refractivity contribution >= 4 is 11.5 Å². The molecule has 0 aliphatic carbocycles. The molecule has 12 heteroatoms. The Morgan fingerprint density at radius 2 is 1.90 bits per heavy atom. The number of H-pyrrole nitrogens is 1. The fraction of sp³-hybridized carbons (Fsp3) is 0.286. The standard InChI is InChI=1S/C28H34N8O4/c1-5-39-23-17-19(10-13-21(23)40-16-15-35(2)3)24(32-20-11-8-18(9-12-20)25(29)30)26-33-28(37)36(34-26)27-22(38-4)7-6-14-31-27/h6-14,17,24,32H,5,15-16H2,1-4H3,(H3,29,30)(H,33,34,37). The van der Waals surface area contributed by atoms with Gasteiger partial charge >= 0.3 is 5.69 Å². The summed E-state index contributed by atoms with van der Waals surface area (Å²) >= 11 is 0. The maximum atomic E-state index is 13.0. The minimum atomic E-state index is -0.595. The number of anilines is 1. The molecule has 0 amide bonds. The van der Waals surface area contributed by atoms with E-state index >= 15 is 0 Å². The number of rotatable bonds is 13. The normalized spacial score (nSPS) is 11.7. The molecule has 12 nitrogen and oxygen atoms in total. The summed E-state index contributed by atoms with van der Waals surface area (Å²) in [6.45, 7) is 3.61. The molecule has 0 fully saturated rings. The van der Waals surface area contributed by atoms with Crippen LogP contribution < -0.4 is 31.0 Å². The van der Waals surface area contributed by atoms with Gasteiger partial charge in [-0.15, -0.1) is 5.10 Å². The Kier molecular flexibility index (Phi) is 9.02. The molecule has 0 bridgehead atoms. The topological polar surface area (TPSA) is 156 Å². The first-order chi connectivity index (χ1) is 19.3. The zero-order chi connectivity index (χ0) is 28.6. The molecular weight excluding hydrogens is 512 g/mol. The Balaban J connectivity index is 1.76. The largest absolute Gasteiger partial charge is 0.493 e. The van der Waals surface area contributed by atoms with Crippen LogP contribution in [0.2, 0.25) is 0 Å². The Labute approximate surface area is 232 Å². The predicted octanol–water partition coefficient (Wildman–Crippen LogP) is 2.79. The molecule has 2 aromatic carbocycles. The van der Waals surface area contributed by atoms with E-state index in [9.17, 15) is 4.79 Å². The number of nitrogens with zero attached hydrogens (tertiary/aromatic N) is 4. The highest BCUT2D eigenvalue weighted by molar-refractivity contribution is 5.95. The number of hydrogen-bond acceptors (Lipinski definition) is 9. The number of benzene rings is 2. The monoisotopic (exact) mass is 546 g/mol. The number of amidine groups is 1. The molecule has 2 heterocycles. The fourth-order valence-corrected chi connectivity index (χ4v) is 3.97. The van der Waals surface area contributed by atoms with Gasteiger partial charge in [-0.05, 0) is 75.1 Å². The second-order valence-corrected chi connectivity index (χ2v) is 9.12. The molecule has 40 heavy (non-hydrogen) atoms. The van der Waals surface area contributed by atoms with Gasteiger partial charge in [0.25, 0.3) is 0 Å². The van der Waals surface area contributed by atoms with Crippen molar-refractivity contribution in [1.29, 1.82) is 5.41 Å². The Hall–Kier alpha value is -4.84. The number of methoxy groups -OCH3 is 1. The molecule has 5 N–H and O–H groups in total. The third-order valence-electron chi connectivity index (χ3n) is 5.98. The third kappa shape index (κ3) is 6.59. The van der Waals surface area contributed by atoms with Gasteiger partial charge in [0, 0.05) is 24.0 Å². The lowest BCUT2D eigenvalue weighted by molar-refractivity contribution is 0.244. The van der Waals surface area contributed by atoms with E-state index in [2.05, 4.69) is 20.4 Å². The lowest BCUT2D eigenvalue weighted by Gasteiger charge is -2.21. The number of nitrogens with two attached hydrogens (primary N) is 1. The van der Waals surface area contributed by atoms with Gasteiger partial charge in [0.15, 0.2) is 23.1 Å². The van der Waals surface area contributed by atoms with Crippen LogP contribution in [-0.2, 0) is 0 Å². The lowest BCUT2D eigenvalue weighted by atomic mass is 10.0. The smallest absolute Gasteiger partial charge is 0.349 e. The summed E-state index contributed by atoms with van der Waals surface area (Å²) in [6.07, 6.45) is 1.56. The second kappa shape index (κ2) is 12.8. The van der Waals surface area contributed by atoms with Gasteiger partial charge in [-0.25, -0.2) is 9.78 Å². The molecule has 2 aromatic heterocycles. The van der Waals surface area contributed by atoms with Gasteiger partial charge in [0.2, 0.25) is 5.82 Å². The van der Waals surface area contributed by atoms with Crippen LogP contribution in [0.3, 0.4) is 0 Å². The Bertz CT molecular complexity index is 1500. The average molecular weight is 547 g/mol. The van der Waals surface area contributed by atoms with Crippen molar-refractivity contribution in [3.05, 3.63) is 88.2 Å². The summed E-state index contributed by atoms with van der Waals surface area (Å²) in [4.78, 5) is 22.2. The SMILES string of the molecule is CCOc1cc(C(Nc2ccc(C(=N)N)cc2)c2nn(-c3ncccc3OC)c(=O)[nH]2)ccc1OCCN(C)C. The van der Waals surface area contributed by atoms with Crippen LogP contribution in [0, 0.1) is 5.41 Å². The van der Waals surface area contributed by atoms with Crippen LogP contribution in [0.25, 0.3) is 5.82 Å². The van der Waals surface area contributed by atoms with Gasteiger partial charge in [0.1, 0.15) is 18.5 Å². The summed E-state index contributed by atoms with van der Waals surface area (Å²) in [7, 11) is 5.47. The summed E-state index contributed by atoms with van der Waals surface area (Å²) in [5.41, 5.74) is 7.24. The Morgan fingerprint density at radius 3 is 2.58 bits per heavy atom. The van der Waals surface area contributed by atoms with Crippen LogP contribution >= 0.6 is 0 Å². The summed E-state index contributed by atoms with van der Waals surface area (Å²) in [5.74, 6) is 2.19. The van der Waals surface area contributed by atoms with Gasteiger partial charge in [0.05, 0.1) is 13.7 Å². The second-order valence-electron chi connectivity index (χ2n) is 9.12. The number of likely N-dealkylation sites (N-methyl/N-ethyl adjacent to an activating group) is 1. The van der Waals surface area contributed by atoms with Crippen molar-refractivity contribution in [3.63, 3.8) is 0 Å². The lowest BCUT2D eigenvalue weighted by Crippen LogP contribution is -2.20. The van der Waals surface area contributed by atoms with E-state index in [-0.39, 0.29) is 11.7 Å². The van der Waals surface area contributed by atoms with Gasteiger partial charge in [-0.1, -0.05) is 6.07 Å². The number of aromatic nitrogens is 4. The zero-order valence-corrected chi connectivity index (χ0v) is 23.0. The van der Waals surface area contributed by atoms with Crippen molar-refractivity contribution in [2.24, 2.45) is 5.73 Å². The van der Waals surface area contributed by atoms with Crippen molar-refractivity contribution in [2.45, 2.75) is 13.0 Å². The number of hydrogen-bond donors (Lipinski definition) is 4. The number of nitrogen functional groups attached to an aromatic ring is 1. The van der Waals surface area contributed by atoms with Crippen LogP contribution in [-0.4, -0.2) is 71.4 Å². The minimum absolute atomic E-state index is 0.0262. The molecule has 4 aromatic rings. The molecule has 0 saturated heterocycles. The summed E-state index contributed by atoms with van der Waals surface area (Å²) in [5, 5.41) is 15.7. The third-order valence-corrected chi connectivity index (χ3v) is 5.98. The molecule has 0 aliphatic heterocycles. The first-order valence-electron chi connectivity index (χ1n) is 12.7. The van der Waals surface area contributed by atoms with Crippen LogP contribution in [0.5, 0.6) is 17.2 Å². The highest BCUT2D eigenvalue weighted by Gasteiger charge is 2.23. The summed E-state index contributed by atoms with van der Waals surface area (Å²) < 4.78 is 18.5. The molecule has 0 aliphatic rings. The first-order valence-corrected chi connectivity index (χ1v) is 12.7. The van der Waals surface area contributed by atoms with Crippen molar-refractivity contribution in [3.8, 4) is 23.1 Å². The van der Waals surface area contributed by atoms with E-state index < -0.39 is 11.7 Å². The quantitative estimate of drug-likeness (QED) is 0.146. The van der Waals surface area contributed by atoms with E-state index in [1.165, 1.54) is 11.8 Å². The van der Waals surface area contributed by atoms with Gasteiger partial charge in [-0.3, -0.25) is 10.4 Å². The molecule has 4 rings (SSSR count). The highest BCUT2D eigenvalue weighted by atomic mass is 16.5. The maximum absolute atomic E-state index is 13.0. The molecule has 0 saturated carbocycles. The number of ether oxygens (including phenoxy) is 3. The molecule has 1 unspecified atom stereocenters. The molecular formula is C28H34N8O4. The predicted molar refractivity (Wildman–Crippen MR) is 153 cm³/mol. The molecule has 1 atom stereocenters. The fourth-order valence-electron chi connectivity index (χ4n) is 3.97. The molecule has 0 spiro atoms. The summed E-state index contributed by atoms with van der Waals surface area (Å²) in [6, 6.07) is 15.5. The van der Waals surface area contributed by atoms with Crippen molar-refractivity contribution < 1.29 is 14.2 Å². The molecule has 210 valence electrons. The van der Waals surface area contributed by atoms with Crippen LogP contribution in [0.15, 0.2) is 65.6 Å². The average Bonchev–Trinajstić information content (AvgIpc) is 3.33. The van der Waals surface area contributed by atoms with Crippen LogP contribution in [0.4, 0.5) is 5.69 Å². The first kappa shape index (κ1) is 28.2. The highest BCUT2D eigenvalue weighted by Crippen LogP contribution is 2.34. The Morgan fingerprint density at radius 1 is 1.12 bits per heavy atom. The van der Waals surface area contributed by atoms with Crippen molar-refractivity contribution in [1.82, 2.24) is 24.6 Å². The van der Waals surface area contributed by atoms with Crippen LogP contribution in [0.1, 0.15) is 29.9 Å². The number of nitrogens with one attached hydrogen (secondary N) is 3. The van der Waals surface area contributed by atoms with Gasteiger partial charge < -0.3 is 30.2 Å². The van der Waals surface area contributed by atoms with E-state index in [0.717, 1.165) is 17.8 Å². The zero-order valence-electron chi connectivity index (χ0n) is 23.0. The van der Waals surface area contributed by atoms with E-state index in [1.807, 2.05) is 56.3 Å². The number of aromatic amines is 1. The van der Waals surface area contributed by atoms with Crippen molar-refractivity contribution in [2.75, 3.05) is 46.3 Å².